The number of imide groups is 1. The molecule has 29 heavy (non-hydrogen) atoms. The van der Waals surface area contributed by atoms with Crippen molar-refractivity contribution in [1.29, 1.82) is 0 Å². The van der Waals surface area contributed by atoms with Crippen LogP contribution in [0.5, 0.6) is 0 Å². The van der Waals surface area contributed by atoms with E-state index in [1.54, 1.807) is 0 Å². The van der Waals surface area contributed by atoms with Crippen LogP contribution >= 0.6 is 0 Å². The lowest BCUT2D eigenvalue weighted by atomic mass is 10.1. The highest BCUT2D eigenvalue weighted by Gasteiger charge is 2.35. The number of carbonyl (C=O) groups excluding carboxylic acids is 3. The molecule has 2 aliphatic rings. The van der Waals surface area contributed by atoms with Crippen LogP contribution in [0.25, 0.3) is 10.4 Å². The first kappa shape index (κ1) is 22.9. The van der Waals surface area contributed by atoms with Crippen LogP contribution in [0.1, 0.15) is 51.4 Å². The molecule has 0 spiro atoms. The third-order valence-corrected chi connectivity index (χ3v) is 6.58. The van der Waals surface area contributed by atoms with Crippen LogP contribution in [-0.4, -0.2) is 67.2 Å². The largest absolute Gasteiger partial charge is 0.534 e. The normalized spacial score (nSPS) is 18.6. The molecule has 2 rings (SSSR count). The number of ether oxygens (including phenoxy) is 1. The van der Waals surface area contributed by atoms with Crippen molar-refractivity contribution < 1.29 is 32.4 Å². The van der Waals surface area contributed by atoms with Gasteiger partial charge in [-0.15, -0.1) is 0 Å². The molecule has 0 aromatic rings. The Hall–Kier alpha value is -2.37. The molecular weight excluding hydrogens is 406 g/mol. The van der Waals surface area contributed by atoms with Crippen molar-refractivity contribution in [3.05, 3.63) is 10.4 Å². The maximum atomic E-state index is 12.6. The summed E-state index contributed by atoms with van der Waals surface area (Å²) in [7, 11) is -3.62. The van der Waals surface area contributed by atoms with Crippen molar-refractivity contribution in [2.45, 2.75) is 57.5 Å². The molecule has 12 nitrogen and oxygen atoms in total. The fourth-order valence-corrected chi connectivity index (χ4v) is 4.88. The Kier molecular flexibility index (Phi) is 8.68. The molecule has 1 unspecified atom stereocenters. The minimum Gasteiger partial charge on any atom is -0.428 e. The smallest absolute Gasteiger partial charge is 0.428 e. The molecule has 0 aromatic carbocycles. The molecule has 2 amide bonds. The molecule has 13 heteroatoms. The number of unbranched alkanes of at least 4 members (excludes halogenated alkanes) is 2. The summed E-state index contributed by atoms with van der Waals surface area (Å²) >= 11 is 0. The van der Waals surface area contributed by atoms with Crippen LogP contribution in [0.4, 0.5) is 4.79 Å². The van der Waals surface area contributed by atoms with E-state index in [2.05, 4.69) is 14.9 Å². The number of hydrogen-bond donors (Lipinski definition) is 0. The second-order valence-electron chi connectivity index (χ2n) is 6.85. The number of azide groups is 1. The predicted octanol–water partition coefficient (Wildman–Crippen LogP) is 1.87. The zero-order chi connectivity index (χ0) is 21.3. The van der Waals surface area contributed by atoms with Gasteiger partial charge in [0.25, 0.3) is 11.8 Å². The van der Waals surface area contributed by atoms with E-state index >= 15 is 0 Å². The van der Waals surface area contributed by atoms with E-state index in [1.807, 2.05) is 0 Å². The summed E-state index contributed by atoms with van der Waals surface area (Å²) in [6.45, 7) is 1.19. The molecule has 0 N–H and O–H groups in total. The standard InChI is InChI=1S/C16H25N5O7S/c17-19-18-9-3-1-2-6-13(12-29(25,26)20-10-4-5-11-20)27-16(24)28-21-14(22)7-8-15(21)23/h13H,1-12H2. The molecule has 162 valence electrons. The molecule has 2 saturated heterocycles. The van der Waals surface area contributed by atoms with Crippen molar-refractivity contribution in [3.8, 4) is 0 Å². The van der Waals surface area contributed by atoms with E-state index in [4.69, 9.17) is 10.3 Å². The molecular formula is C16H25N5O7S. The van der Waals surface area contributed by atoms with E-state index < -0.39 is 39.8 Å². The number of nitrogens with zero attached hydrogens (tertiary/aromatic N) is 5. The zero-order valence-corrected chi connectivity index (χ0v) is 16.9. The fraction of sp³-hybridized carbons (Fsp3) is 0.812. The average molecular weight is 431 g/mol. The number of hydrogen-bond acceptors (Lipinski definition) is 8. The lowest BCUT2D eigenvalue weighted by molar-refractivity contribution is -0.178. The van der Waals surface area contributed by atoms with Crippen molar-refractivity contribution in [1.82, 2.24) is 9.37 Å². The van der Waals surface area contributed by atoms with Gasteiger partial charge in [0.15, 0.2) is 0 Å². The first-order valence-electron chi connectivity index (χ1n) is 9.56. The van der Waals surface area contributed by atoms with E-state index in [9.17, 15) is 22.8 Å². The second-order valence-corrected chi connectivity index (χ2v) is 8.87. The van der Waals surface area contributed by atoms with Gasteiger partial charge in [0, 0.05) is 37.4 Å². The number of amides is 2. The highest BCUT2D eigenvalue weighted by atomic mass is 32.2. The van der Waals surface area contributed by atoms with E-state index in [0.29, 0.717) is 44.0 Å². The minimum absolute atomic E-state index is 0.0515. The van der Waals surface area contributed by atoms with Gasteiger partial charge >= 0.3 is 6.16 Å². The Morgan fingerprint density at radius 1 is 1.14 bits per heavy atom. The van der Waals surface area contributed by atoms with Crippen LogP contribution in [-0.2, 0) is 29.2 Å². The summed E-state index contributed by atoms with van der Waals surface area (Å²) in [6.07, 6.45) is 1.25. The SMILES string of the molecule is [N-]=[N+]=NCCCCCC(CS(=O)(=O)N1CCCC1)OC(=O)ON1C(=O)CCC1=O. The summed E-state index contributed by atoms with van der Waals surface area (Å²) < 4.78 is 31.6. The first-order chi connectivity index (χ1) is 13.8. The summed E-state index contributed by atoms with van der Waals surface area (Å²) in [5.41, 5.74) is 8.26. The topological polar surface area (TPSA) is 159 Å². The molecule has 0 aromatic heterocycles. The number of hydroxylamine groups is 2. The van der Waals surface area contributed by atoms with Gasteiger partial charge in [-0.3, -0.25) is 14.4 Å². The average Bonchev–Trinajstić information content (AvgIpc) is 3.31. The van der Waals surface area contributed by atoms with Gasteiger partial charge in [-0.25, -0.2) is 17.5 Å². The number of carbonyl (C=O) groups is 3. The fourth-order valence-electron chi connectivity index (χ4n) is 3.15. The Labute approximate surface area is 168 Å². The monoisotopic (exact) mass is 431 g/mol. The third kappa shape index (κ3) is 7.18. The van der Waals surface area contributed by atoms with Crippen molar-refractivity contribution in [2.75, 3.05) is 25.4 Å². The van der Waals surface area contributed by atoms with Crippen molar-refractivity contribution in [3.63, 3.8) is 0 Å². The van der Waals surface area contributed by atoms with Crippen LogP contribution < -0.4 is 0 Å². The zero-order valence-electron chi connectivity index (χ0n) is 16.1. The van der Waals surface area contributed by atoms with Crippen LogP contribution in [0.3, 0.4) is 0 Å². The predicted molar refractivity (Wildman–Crippen MR) is 99.5 cm³/mol. The summed E-state index contributed by atoms with van der Waals surface area (Å²) in [5, 5.41) is 3.78. The first-order valence-corrected chi connectivity index (χ1v) is 11.2. The summed E-state index contributed by atoms with van der Waals surface area (Å²) in [5.74, 6) is -1.70. The Balaban J connectivity index is 1.93. The Bertz CT molecular complexity index is 744. The van der Waals surface area contributed by atoms with Crippen LogP contribution in [0, 0.1) is 0 Å². The van der Waals surface area contributed by atoms with Gasteiger partial charge in [-0.2, -0.15) is 0 Å². The summed E-state index contributed by atoms with van der Waals surface area (Å²) in [6, 6.07) is 0. The number of rotatable bonds is 11. The number of sulfonamides is 1. The van der Waals surface area contributed by atoms with Gasteiger partial charge < -0.3 is 4.74 Å². The van der Waals surface area contributed by atoms with Gasteiger partial charge in [-0.1, -0.05) is 16.6 Å². The van der Waals surface area contributed by atoms with Crippen LogP contribution in [0.2, 0.25) is 0 Å². The molecule has 2 aliphatic heterocycles. The highest BCUT2D eigenvalue weighted by molar-refractivity contribution is 7.89. The van der Waals surface area contributed by atoms with E-state index in [1.165, 1.54) is 4.31 Å². The molecule has 1 atom stereocenters. The highest BCUT2D eigenvalue weighted by Crippen LogP contribution is 2.19. The minimum atomic E-state index is -3.62. The lowest BCUT2D eigenvalue weighted by Crippen LogP contribution is -2.38. The molecule has 0 saturated carbocycles. The molecule has 0 aliphatic carbocycles. The third-order valence-electron chi connectivity index (χ3n) is 4.64. The lowest BCUT2D eigenvalue weighted by Gasteiger charge is -2.22. The maximum absolute atomic E-state index is 12.6. The molecule has 0 radical (unpaired) electrons. The van der Waals surface area contributed by atoms with Gasteiger partial charge in [0.05, 0.1) is 0 Å². The van der Waals surface area contributed by atoms with Crippen molar-refractivity contribution in [2.24, 2.45) is 5.11 Å². The Morgan fingerprint density at radius 3 is 2.41 bits per heavy atom. The molecule has 0 bridgehead atoms. The summed E-state index contributed by atoms with van der Waals surface area (Å²) in [4.78, 5) is 42.4. The quantitative estimate of drug-likeness (QED) is 0.120. The van der Waals surface area contributed by atoms with E-state index in [-0.39, 0.29) is 19.3 Å². The second kappa shape index (κ2) is 11.0. The van der Waals surface area contributed by atoms with Gasteiger partial charge in [0.2, 0.25) is 10.0 Å². The van der Waals surface area contributed by atoms with Gasteiger partial charge in [0.1, 0.15) is 11.9 Å². The maximum Gasteiger partial charge on any atom is 0.534 e. The molecule has 2 heterocycles. The van der Waals surface area contributed by atoms with Gasteiger partial charge in [-0.05, 0) is 37.6 Å². The Morgan fingerprint density at radius 2 is 1.79 bits per heavy atom. The van der Waals surface area contributed by atoms with E-state index in [0.717, 1.165) is 12.8 Å². The molecule has 2 fully saturated rings. The van der Waals surface area contributed by atoms with Crippen LogP contribution in [0.15, 0.2) is 5.11 Å². The van der Waals surface area contributed by atoms with Crippen molar-refractivity contribution >= 4 is 28.0 Å².